The zero-order valence-corrected chi connectivity index (χ0v) is 11.2. The number of carbonyl (C=O) groups is 1. The van der Waals surface area contributed by atoms with E-state index in [4.69, 9.17) is 4.74 Å². The Balaban J connectivity index is 2.22. The average molecular weight is 259 g/mol. The molecule has 1 amide bonds. The zero-order chi connectivity index (χ0) is 14.0. The summed E-state index contributed by atoms with van der Waals surface area (Å²) in [5, 5.41) is 14.0. The maximum Gasteiger partial charge on any atom is 0.412 e. The first-order valence-electron chi connectivity index (χ1n) is 6.07. The van der Waals surface area contributed by atoms with Gasteiger partial charge >= 0.3 is 6.09 Å². The van der Waals surface area contributed by atoms with E-state index in [0.717, 1.165) is 5.39 Å². The van der Waals surface area contributed by atoms with E-state index in [2.05, 4.69) is 5.32 Å². The number of nitrogens with one attached hydrogen (secondary N) is 1. The maximum absolute atomic E-state index is 11.7. The minimum absolute atomic E-state index is 0.185. The molecule has 0 saturated heterocycles. The van der Waals surface area contributed by atoms with Gasteiger partial charge in [-0.2, -0.15) is 0 Å². The van der Waals surface area contributed by atoms with Crippen molar-refractivity contribution < 1.29 is 14.6 Å². The van der Waals surface area contributed by atoms with Gasteiger partial charge in [0.1, 0.15) is 11.4 Å². The van der Waals surface area contributed by atoms with Crippen LogP contribution in [0.25, 0.3) is 10.8 Å². The van der Waals surface area contributed by atoms with Crippen LogP contribution in [-0.4, -0.2) is 16.8 Å². The van der Waals surface area contributed by atoms with Gasteiger partial charge < -0.3 is 9.84 Å². The average Bonchev–Trinajstić information content (AvgIpc) is 2.27. The fraction of sp³-hybridized carbons (Fsp3) is 0.267. The Hall–Kier alpha value is -2.23. The number of hydrogen-bond acceptors (Lipinski definition) is 3. The SMILES string of the molecule is CC(C)(C)OC(=O)Nc1ccc2cccc(O)c2c1. The highest BCUT2D eigenvalue weighted by molar-refractivity contribution is 5.94. The predicted molar refractivity (Wildman–Crippen MR) is 75.5 cm³/mol. The van der Waals surface area contributed by atoms with Crippen molar-refractivity contribution in [3.8, 4) is 5.75 Å². The Morgan fingerprint density at radius 1 is 1.21 bits per heavy atom. The molecule has 0 saturated carbocycles. The number of hydrogen-bond donors (Lipinski definition) is 2. The van der Waals surface area contributed by atoms with Crippen LogP contribution in [0.2, 0.25) is 0 Å². The highest BCUT2D eigenvalue weighted by Gasteiger charge is 2.16. The van der Waals surface area contributed by atoms with Crippen molar-refractivity contribution in [3.63, 3.8) is 0 Å². The monoisotopic (exact) mass is 259 g/mol. The van der Waals surface area contributed by atoms with E-state index >= 15 is 0 Å². The third-order valence-corrected chi connectivity index (χ3v) is 2.50. The molecule has 4 heteroatoms. The van der Waals surface area contributed by atoms with Crippen LogP contribution in [0.1, 0.15) is 20.8 Å². The van der Waals surface area contributed by atoms with E-state index in [1.165, 1.54) is 0 Å². The largest absolute Gasteiger partial charge is 0.507 e. The standard InChI is InChI=1S/C15H17NO3/c1-15(2,3)19-14(18)16-11-8-7-10-5-4-6-13(17)12(10)9-11/h4-9,17H,1-3H3,(H,16,18). The van der Waals surface area contributed by atoms with Gasteiger partial charge in [-0.05, 0) is 44.4 Å². The Bertz CT molecular complexity index is 614. The van der Waals surface area contributed by atoms with Crippen LogP contribution in [0, 0.1) is 0 Å². The van der Waals surface area contributed by atoms with Crippen LogP contribution < -0.4 is 5.32 Å². The molecule has 0 aliphatic heterocycles. The Morgan fingerprint density at radius 3 is 2.63 bits per heavy atom. The molecule has 0 bridgehead atoms. The third-order valence-electron chi connectivity index (χ3n) is 2.50. The number of phenols is 1. The molecular weight excluding hydrogens is 242 g/mol. The summed E-state index contributed by atoms with van der Waals surface area (Å²) >= 11 is 0. The molecule has 0 aliphatic rings. The molecule has 2 N–H and O–H groups in total. The molecule has 0 spiro atoms. The molecule has 2 rings (SSSR count). The summed E-state index contributed by atoms with van der Waals surface area (Å²) < 4.78 is 5.17. The lowest BCUT2D eigenvalue weighted by atomic mass is 10.1. The molecule has 0 atom stereocenters. The first-order valence-corrected chi connectivity index (χ1v) is 6.07. The van der Waals surface area contributed by atoms with Gasteiger partial charge in [-0.25, -0.2) is 4.79 Å². The number of rotatable bonds is 1. The topological polar surface area (TPSA) is 58.6 Å². The number of aromatic hydroxyl groups is 1. The summed E-state index contributed by atoms with van der Waals surface area (Å²) in [5.74, 6) is 0.185. The van der Waals surface area contributed by atoms with Crippen molar-refractivity contribution in [2.45, 2.75) is 26.4 Å². The summed E-state index contributed by atoms with van der Waals surface area (Å²) in [7, 11) is 0. The minimum Gasteiger partial charge on any atom is -0.507 e. The van der Waals surface area contributed by atoms with Crippen molar-refractivity contribution in [3.05, 3.63) is 36.4 Å². The molecule has 0 aromatic heterocycles. The normalized spacial score (nSPS) is 11.3. The highest BCUT2D eigenvalue weighted by atomic mass is 16.6. The Morgan fingerprint density at radius 2 is 1.95 bits per heavy atom. The number of anilines is 1. The second-order valence-electron chi connectivity index (χ2n) is 5.34. The van der Waals surface area contributed by atoms with Crippen LogP contribution in [0.3, 0.4) is 0 Å². The molecule has 0 unspecified atom stereocenters. The summed E-state index contributed by atoms with van der Waals surface area (Å²) in [5.41, 5.74) is 0.0477. The zero-order valence-electron chi connectivity index (χ0n) is 11.2. The van der Waals surface area contributed by atoms with E-state index < -0.39 is 11.7 Å². The van der Waals surface area contributed by atoms with Gasteiger partial charge in [-0.1, -0.05) is 18.2 Å². The molecule has 2 aromatic carbocycles. The van der Waals surface area contributed by atoms with E-state index in [1.807, 2.05) is 12.1 Å². The predicted octanol–water partition coefficient (Wildman–Crippen LogP) is 3.89. The second-order valence-corrected chi connectivity index (χ2v) is 5.34. The van der Waals surface area contributed by atoms with E-state index in [-0.39, 0.29) is 5.75 Å². The van der Waals surface area contributed by atoms with E-state index in [9.17, 15) is 9.90 Å². The first-order chi connectivity index (χ1) is 8.85. The number of phenolic OH excluding ortho intramolecular Hbond substituents is 1. The molecule has 2 aromatic rings. The molecule has 4 nitrogen and oxygen atoms in total. The van der Waals surface area contributed by atoms with Crippen LogP contribution in [0.5, 0.6) is 5.75 Å². The van der Waals surface area contributed by atoms with Gasteiger partial charge in [0.2, 0.25) is 0 Å². The van der Waals surface area contributed by atoms with Crippen LogP contribution in [-0.2, 0) is 4.74 Å². The lowest BCUT2D eigenvalue weighted by Crippen LogP contribution is -2.27. The molecule has 19 heavy (non-hydrogen) atoms. The molecule has 0 radical (unpaired) electrons. The number of carbonyl (C=O) groups excluding carboxylic acids is 1. The number of fused-ring (bicyclic) bond motifs is 1. The molecule has 0 aliphatic carbocycles. The van der Waals surface area contributed by atoms with Crippen LogP contribution in [0.15, 0.2) is 36.4 Å². The van der Waals surface area contributed by atoms with E-state index in [1.54, 1.807) is 45.0 Å². The van der Waals surface area contributed by atoms with Crippen LogP contribution in [0.4, 0.5) is 10.5 Å². The highest BCUT2D eigenvalue weighted by Crippen LogP contribution is 2.27. The molecular formula is C15H17NO3. The van der Waals surface area contributed by atoms with Crippen molar-refractivity contribution in [1.29, 1.82) is 0 Å². The van der Waals surface area contributed by atoms with Gasteiger partial charge in [-0.3, -0.25) is 5.32 Å². The smallest absolute Gasteiger partial charge is 0.412 e. The molecule has 0 heterocycles. The van der Waals surface area contributed by atoms with Gasteiger partial charge in [0.15, 0.2) is 0 Å². The number of ether oxygens (including phenoxy) is 1. The third kappa shape index (κ3) is 3.37. The van der Waals surface area contributed by atoms with Gasteiger partial charge in [0.05, 0.1) is 0 Å². The number of benzene rings is 2. The Labute approximate surface area is 112 Å². The van der Waals surface area contributed by atoms with Crippen molar-refractivity contribution >= 4 is 22.6 Å². The van der Waals surface area contributed by atoms with Crippen molar-refractivity contribution in [1.82, 2.24) is 0 Å². The second kappa shape index (κ2) is 4.80. The van der Waals surface area contributed by atoms with Gasteiger partial charge in [0.25, 0.3) is 0 Å². The molecule has 100 valence electrons. The van der Waals surface area contributed by atoms with E-state index in [0.29, 0.717) is 11.1 Å². The summed E-state index contributed by atoms with van der Waals surface area (Å²) in [4.78, 5) is 11.7. The van der Waals surface area contributed by atoms with Crippen molar-refractivity contribution in [2.24, 2.45) is 0 Å². The summed E-state index contributed by atoms with van der Waals surface area (Å²) in [6.45, 7) is 5.41. The minimum atomic E-state index is -0.539. The van der Waals surface area contributed by atoms with Gasteiger partial charge in [-0.15, -0.1) is 0 Å². The van der Waals surface area contributed by atoms with Crippen molar-refractivity contribution in [2.75, 3.05) is 5.32 Å². The first kappa shape index (κ1) is 13.2. The fourth-order valence-corrected chi connectivity index (χ4v) is 1.76. The fourth-order valence-electron chi connectivity index (χ4n) is 1.76. The maximum atomic E-state index is 11.7. The lowest BCUT2D eigenvalue weighted by Gasteiger charge is -2.19. The number of amides is 1. The van der Waals surface area contributed by atoms with Crippen LogP contribution >= 0.6 is 0 Å². The Kier molecular flexibility index (Phi) is 3.34. The molecule has 0 fully saturated rings. The summed E-state index contributed by atoms with van der Waals surface area (Å²) in [6, 6.07) is 10.6. The lowest BCUT2D eigenvalue weighted by molar-refractivity contribution is 0.0636. The van der Waals surface area contributed by atoms with Gasteiger partial charge in [0, 0.05) is 11.1 Å². The quantitative estimate of drug-likeness (QED) is 0.816. The summed E-state index contributed by atoms with van der Waals surface area (Å²) in [6.07, 6.45) is -0.512.